The van der Waals surface area contributed by atoms with E-state index in [-0.39, 0.29) is 0 Å². The summed E-state index contributed by atoms with van der Waals surface area (Å²) in [6, 6.07) is 0. The van der Waals surface area contributed by atoms with Crippen molar-refractivity contribution >= 4 is 0 Å². The molecule has 0 radical (unpaired) electrons. The molecule has 2 aliphatic rings. The molecular formula is C13H30N2. The summed E-state index contributed by atoms with van der Waals surface area (Å²) < 4.78 is 0. The maximum absolute atomic E-state index is 3.28. The summed E-state index contributed by atoms with van der Waals surface area (Å²) in [6.45, 7) is 9.14. The standard InChI is InChI=1S/C6H13N.C5H11N.C2H6/c1-7-5-3-2-4-6-7;1-2-4-6-5-3-1;1-2/h2-6H2,1H3;6H,1-5H2;1-2H3. The lowest BCUT2D eigenvalue weighted by Gasteiger charge is -2.20. The number of nitrogens with one attached hydrogen (secondary N) is 1. The van der Waals surface area contributed by atoms with Gasteiger partial charge in [-0.3, -0.25) is 0 Å². The molecule has 1 N–H and O–H groups in total. The second-order valence-electron chi connectivity index (χ2n) is 4.17. The average Bonchev–Trinajstić information content (AvgIpc) is 2.36. The number of hydrogen-bond acceptors (Lipinski definition) is 2. The lowest BCUT2D eigenvalue weighted by molar-refractivity contribution is 0.277. The van der Waals surface area contributed by atoms with Crippen LogP contribution in [0.4, 0.5) is 0 Å². The van der Waals surface area contributed by atoms with Gasteiger partial charge < -0.3 is 10.2 Å². The van der Waals surface area contributed by atoms with Gasteiger partial charge in [-0.1, -0.05) is 26.7 Å². The van der Waals surface area contributed by atoms with Gasteiger partial charge >= 0.3 is 0 Å². The molecule has 2 saturated heterocycles. The minimum atomic E-state index is 1.25. The Morgan fingerprint density at radius 2 is 1.20 bits per heavy atom. The van der Waals surface area contributed by atoms with E-state index in [2.05, 4.69) is 17.3 Å². The molecule has 2 aliphatic heterocycles. The van der Waals surface area contributed by atoms with E-state index in [0.717, 1.165) is 0 Å². The molecule has 0 atom stereocenters. The number of piperidine rings is 2. The van der Waals surface area contributed by atoms with Gasteiger partial charge in [0.05, 0.1) is 0 Å². The Morgan fingerprint density at radius 1 is 0.733 bits per heavy atom. The van der Waals surface area contributed by atoms with Crippen LogP contribution in [0.15, 0.2) is 0 Å². The van der Waals surface area contributed by atoms with Crippen molar-refractivity contribution in [2.24, 2.45) is 0 Å². The Kier molecular flexibility index (Phi) is 11.9. The highest BCUT2D eigenvalue weighted by molar-refractivity contribution is 4.58. The smallest absolute Gasteiger partial charge is 0.00218 e. The maximum Gasteiger partial charge on any atom is -0.00218 e. The minimum absolute atomic E-state index is 1.25. The molecule has 0 saturated carbocycles. The molecule has 2 rings (SSSR count). The first-order valence-electron chi connectivity index (χ1n) is 6.79. The predicted molar refractivity (Wildman–Crippen MR) is 69.4 cm³/mol. The average molecular weight is 214 g/mol. The largest absolute Gasteiger partial charge is 0.317 e. The van der Waals surface area contributed by atoms with Crippen molar-refractivity contribution in [2.45, 2.75) is 52.4 Å². The summed E-state index contributed by atoms with van der Waals surface area (Å²) in [6.07, 6.45) is 8.49. The Hall–Kier alpha value is -0.0800. The van der Waals surface area contributed by atoms with Gasteiger partial charge in [0, 0.05) is 0 Å². The van der Waals surface area contributed by atoms with Crippen molar-refractivity contribution < 1.29 is 0 Å². The zero-order valence-corrected chi connectivity index (χ0v) is 11.0. The quantitative estimate of drug-likeness (QED) is 0.667. The highest BCUT2D eigenvalue weighted by Crippen LogP contribution is 2.04. The third-order valence-electron chi connectivity index (χ3n) is 2.79. The lowest BCUT2D eigenvalue weighted by Crippen LogP contribution is -2.24. The summed E-state index contributed by atoms with van der Waals surface area (Å²) in [5.74, 6) is 0. The molecule has 0 spiro atoms. The van der Waals surface area contributed by atoms with E-state index in [0.29, 0.717) is 0 Å². The molecule has 2 fully saturated rings. The van der Waals surface area contributed by atoms with Crippen LogP contribution in [0, 0.1) is 0 Å². The summed E-state index contributed by atoms with van der Waals surface area (Å²) in [7, 11) is 2.19. The number of rotatable bonds is 0. The SMILES string of the molecule is C1CCNCC1.CC.CN1CCCCC1. The Bertz CT molecular complexity index is 93.6. The van der Waals surface area contributed by atoms with Crippen molar-refractivity contribution in [2.75, 3.05) is 33.2 Å². The second kappa shape index (κ2) is 12.0. The van der Waals surface area contributed by atoms with Crippen LogP contribution >= 0.6 is 0 Å². The summed E-state index contributed by atoms with van der Waals surface area (Å²) in [5, 5.41) is 3.28. The topological polar surface area (TPSA) is 15.3 Å². The third kappa shape index (κ3) is 10.2. The van der Waals surface area contributed by atoms with E-state index >= 15 is 0 Å². The molecule has 0 amide bonds. The molecule has 2 heterocycles. The molecule has 0 bridgehead atoms. The van der Waals surface area contributed by atoms with Crippen LogP contribution in [-0.2, 0) is 0 Å². The zero-order valence-electron chi connectivity index (χ0n) is 11.0. The first-order valence-corrected chi connectivity index (χ1v) is 6.79. The molecule has 0 unspecified atom stereocenters. The van der Waals surface area contributed by atoms with Gasteiger partial charge in [0.25, 0.3) is 0 Å². The van der Waals surface area contributed by atoms with Crippen molar-refractivity contribution in [3.63, 3.8) is 0 Å². The van der Waals surface area contributed by atoms with Crippen LogP contribution < -0.4 is 5.32 Å². The van der Waals surface area contributed by atoms with E-state index in [4.69, 9.17) is 0 Å². The Balaban J connectivity index is 0.000000227. The van der Waals surface area contributed by atoms with Gasteiger partial charge in [0.15, 0.2) is 0 Å². The van der Waals surface area contributed by atoms with Gasteiger partial charge in [-0.2, -0.15) is 0 Å². The Labute approximate surface area is 96.4 Å². The number of hydrogen-bond donors (Lipinski definition) is 1. The van der Waals surface area contributed by atoms with E-state index in [9.17, 15) is 0 Å². The first kappa shape index (κ1) is 14.9. The predicted octanol–water partition coefficient (Wildman–Crippen LogP) is 2.89. The molecular weight excluding hydrogens is 184 g/mol. The molecule has 0 aromatic rings. The fourth-order valence-corrected chi connectivity index (χ4v) is 1.85. The lowest BCUT2D eigenvalue weighted by atomic mass is 10.1. The van der Waals surface area contributed by atoms with Crippen LogP contribution in [0.1, 0.15) is 52.4 Å². The third-order valence-corrected chi connectivity index (χ3v) is 2.79. The highest BCUT2D eigenvalue weighted by atomic mass is 15.1. The van der Waals surface area contributed by atoms with Gasteiger partial charge in [-0.15, -0.1) is 0 Å². The van der Waals surface area contributed by atoms with Crippen molar-refractivity contribution in [3.8, 4) is 0 Å². The zero-order chi connectivity index (χ0) is 11.4. The molecule has 15 heavy (non-hydrogen) atoms. The number of likely N-dealkylation sites (tertiary alicyclic amines) is 1. The van der Waals surface area contributed by atoms with Crippen LogP contribution in [0.2, 0.25) is 0 Å². The van der Waals surface area contributed by atoms with Gasteiger partial charge in [-0.05, 0) is 58.9 Å². The minimum Gasteiger partial charge on any atom is -0.317 e. The Morgan fingerprint density at radius 3 is 1.40 bits per heavy atom. The molecule has 0 aromatic carbocycles. The molecule has 0 aliphatic carbocycles. The molecule has 2 nitrogen and oxygen atoms in total. The van der Waals surface area contributed by atoms with Crippen molar-refractivity contribution in [3.05, 3.63) is 0 Å². The van der Waals surface area contributed by atoms with E-state index < -0.39 is 0 Å². The van der Waals surface area contributed by atoms with E-state index in [1.165, 1.54) is 64.7 Å². The van der Waals surface area contributed by atoms with Gasteiger partial charge in [0.1, 0.15) is 0 Å². The van der Waals surface area contributed by atoms with Crippen LogP contribution in [0.25, 0.3) is 0 Å². The van der Waals surface area contributed by atoms with Gasteiger partial charge in [0.2, 0.25) is 0 Å². The second-order valence-corrected chi connectivity index (χ2v) is 4.17. The summed E-state index contributed by atoms with van der Waals surface area (Å²) in [5.41, 5.74) is 0. The fourth-order valence-electron chi connectivity index (χ4n) is 1.85. The van der Waals surface area contributed by atoms with Crippen LogP contribution in [-0.4, -0.2) is 38.1 Å². The number of nitrogens with zero attached hydrogens (tertiary/aromatic N) is 1. The highest BCUT2D eigenvalue weighted by Gasteiger charge is 2.02. The van der Waals surface area contributed by atoms with Gasteiger partial charge in [-0.25, -0.2) is 0 Å². The van der Waals surface area contributed by atoms with E-state index in [1.807, 2.05) is 13.8 Å². The fraction of sp³-hybridized carbons (Fsp3) is 1.00. The van der Waals surface area contributed by atoms with Crippen LogP contribution in [0.3, 0.4) is 0 Å². The van der Waals surface area contributed by atoms with Crippen molar-refractivity contribution in [1.29, 1.82) is 0 Å². The monoisotopic (exact) mass is 214 g/mol. The molecule has 2 heteroatoms. The first-order chi connectivity index (χ1) is 7.39. The van der Waals surface area contributed by atoms with E-state index in [1.54, 1.807) is 0 Å². The van der Waals surface area contributed by atoms with Crippen LogP contribution in [0.5, 0.6) is 0 Å². The normalized spacial score (nSPS) is 21.8. The summed E-state index contributed by atoms with van der Waals surface area (Å²) in [4.78, 5) is 2.39. The molecule has 92 valence electrons. The summed E-state index contributed by atoms with van der Waals surface area (Å²) >= 11 is 0. The molecule has 0 aromatic heterocycles. The maximum atomic E-state index is 3.28. The van der Waals surface area contributed by atoms with Crippen molar-refractivity contribution in [1.82, 2.24) is 10.2 Å².